The second kappa shape index (κ2) is 25.3. The molecule has 3 aliphatic rings. The van der Waals surface area contributed by atoms with Gasteiger partial charge in [0.2, 0.25) is 0 Å². The van der Waals surface area contributed by atoms with Gasteiger partial charge in [-0.25, -0.2) is 0 Å². The third-order valence-electron chi connectivity index (χ3n) is 14.7. The lowest BCUT2D eigenvalue weighted by molar-refractivity contribution is -0.0510. The number of rotatable bonds is 4. The van der Waals surface area contributed by atoms with E-state index in [1.165, 1.54) is 40.3 Å². The second-order valence-electron chi connectivity index (χ2n) is 21.8. The number of alkyl halides is 4. The Balaban J connectivity index is 0.000000166. The van der Waals surface area contributed by atoms with Gasteiger partial charge in [0.05, 0.1) is 52.9 Å². The maximum absolute atomic E-state index is 11.6. The predicted molar refractivity (Wildman–Crippen MR) is 331 cm³/mol. The highest BCUT2D eigenvalue weighted by molar-refractivity contribution is 9.10. The van der Waals surface area contributed by atoms with Crippen molar-refractivity contribution >= 4 is 142 Å². The maximum Gasteiger partial charge on any atom is 0.522 e. The minimum absolute atomic E-state index is 0.298. The Kier molecular flexibility index (Phi) is 20.3. The molecule has 1 N–H and O–H groups in total. The van der Waals surface area contributed by atoms with Crippen LogP contribution in [0.4, 0.5) is 17.6 Å². The molecule has 5 heterocycles. The Morgan fingerprint density at radius 1 is 0.537 bits per heavy atom. The van der Waals surface area contributed by atoms with Crippen LogP contribution in [0.3, 0.4) is 0 Å². The van der Waals surface area contributed by atoms with E-state index in [4.69, 9.17) is 42.3 Å². The van der Waals surface area contributed by atoms with Gasteiger partial charge in [-0.3, -0.25) is 13.2 Å². The van der Waals surface area contributed by atoms with Gasteiger partial charge in [0.1, 0.15) is 0 Å². The molecule has 428 valence electrons. The number of hydrogen-bond acceptors (Lipinski definition) is 11. The van der Waals surface area contributed by atoms with Crippen LogP contribution in [0.1, 0.15) is 84.5 Å². The van der Waals surface area contributed by atoms with E-state index in [2.05, 4.69) is 144 Å². The number of benzene rings is 6. The van der Waals surface area contributed by atoms with E-state index in [1.54, 1.807) is 6.26 Å². The fourth-order valence-corrected chi connectivity index (χ4v) is 11.8. The summed E-state index contributed by atoms with van der Waals surface area (Å²) in [5, 5.41) is 5.29. The number of fused-ring (bicyclic) bond motifs is 6. The third-order valence-corrected chi connectivity index (χ3v) is 19.5. The molecule has 23 heteroatoms. The first kappa shape index (κ1) is 64.0. The molecule has 0 bridgehead atoms. The highest BCUT2D eigenvalue weighted by atomic mass is 79.9. The first-order valence-corrected chi connectivity index (χ1v) is 31.3. The molecule has 80 heavy (non-hydrogen) atoms. The number of hydrogen-bond donors (Lipinski definition) is 1. The van der Waals surface area contributed by atoms with Crippen molar-refractivity contribution in [1.82, 2.24) is 0 Å². The molecule has 0 spiro atoms. The summed E-state index contributed by atoms with van der Waals surface area (Å²) in [7, 11) is -9.06. The van der Waals surface area contributed by atoms with E-state index >= 15 is 0 Å². The van der Waals surface area contributed by atoms with Crippen molar-refractivity contribution in [2.24, 2.45) is 0 Å². The van der Waals surface area contributed by atoms with Crippen LogP contribution < -0.4 is 5.46 Å². The van der Waals surface area contributed by atoms with Crippen molar-refractivity contribution in [3.63, 3.8) is 0 Å². The Morgan fingerprint density at radius 3 is 1.31 bits per heavy atom. The standard InChI is InChI=1S/C18H19BO2S.C13H11BrOS.C12H24B2O4.C12H7BrS.CHF3O3S.CH3F/c1-17(2)18(3,4)21-19(20-17)12-9-10-16-14(11-12)13-7-5-6-8-15(13)22-16;1-16(15)13-8-7-11(14)9-12(13)10-5-3-2-4-6-10;1-9(2)10(3,4)16-13(15-9)14-17-11(5,6)12(7,8)18-14;13-8-5-6-12-10(7-8)9-3-1-2-4-11(9)14-12;2-1(3,4)8(5,6)7;1-2/h5-11H,1-4H3;2-9H,1H3;1-8H3;1-7H;(H,5,6,7);1H3/i;;;;;1D. The van der Waals surface area contributed by atoms with Crippen LogP contribution in [-0.4, -0.2) is 90.8 Å². The molecule has 1 unspecified atom stereocenters. The molecule has 1 atom stereocenters. The number of thiophene rings is 2. The zero-order valence-corrected chi connectivity index (χ0v) is 53.1. The van der Waals surface area contributed by atoms with E-state index in [0.29, 0.717) is 0 Å². The molecule has 3 aliphatic heterocycles. The summed E-state index contributed by atoms with van der Waals surface area (Å²) in [6.07, 6.45) is 1.70. The summed E-state index contributed by atoms with van der Waals surface area (Å²) in [6.45, 7) is 24.6. The van der Waals surface area contributed by atoms with E-state index in [-0.39, 0.29) is 40.7 Å². The van der Waals surface area contributed by atoms with Crippen LogP contribution in [0.25, 0.3) is 51.5 Å². The average molecular weight is 1310 g/mol. The first-order chi connectivity index (χ1) is 37.4. The molecular weight excluding hydrogens is 1240 g/mol. The van der Waals surface area contributed by atoms with Crippen molar-refractivity contribution in [2.45, 2.75) is 127 Å². The summed E-state index contributed by atoms with van der Waals surface area (Å²) < 4.78 is 128. The van der Waals surface area contributed by atoms with E-state index in [9.17, 15) is 21.8 Å². The van der Waals surface area contributed by atoms with Crippen LogP contribution in [0.15, 0.2) is 147 Å². The highest BCUT2D eigenvalue weighted by Crippen LogP contribution is 2.44. The predicted octanol–water partition coefficient (Wildman–Crippen LogP) is 16.3. The van der Waals surface area contributed by atoms with Gasteiger partial charge in [-0.2, -0.15) is 21.6 Å². The molecule has 0 aliphatic carbocycles. The molecule has 11 rings (SSSR count). The maximum atomic E-state index is 11.6. The fraction of sp³-hybridized carbons (Fsp3) is 0.368. The summed E-state index contributed by atoms with van der Waals surface area (Å²) in [4.78, 5) is 0.870. The van der Waals surface area contributed by atoms with Crippen LogP contribution in [0, 0.1) is 0 Å². The largest absolute Gasteiger partial charge is 0.522 e. The van der Waals surface area contributed by atoms with Gasteiger partial charge in [-0.05, 0) is 160 Å². The molecule has 2 aromatic heterocycles. The molecule has 3 saturated heterocycles. The smallest absolute Gasteiger partial charge is 0.405 e. The molecule has 6 aromatic carbocycles. The Morgan fingerprint density at radius 2 is 0.887 bits per heavy atom. The zero-order valence-electron chi connectivity index (χ0n) is 47.7. The summed E-state index contributed by atoms with van der Waals surface area (Å²) in [5.74, 6) is 0. The molecular formula is C57H65B3Br2F4O10S4. The lowest BCUT2D eigenvalue weighted by Gasteiger charge is -2.32. The van der Waals surface area contributed by atoms with Gasteiger partial charge < -0.3 is 27.9 Å². The van der Waals surface area contributed by atoms with Crippen molar-refractivity contribution < 1.29 is 64.0 Å². The Hall–Kier alpha value is -3.55. The van der Waals surface area contributed by atoms with E-state index < -0.39 is 47.6 Å². The second-order valence-corrected chi connectivity index (χ2v) is 28.6. The van der Waals surface area contributed by atoms with Crippen LogP contribution in [0.5, 0.6) is 0 Å². The van der Waals surface area contributed by atoms with Gasteiger partial charge in [0.15, 0.2) is 0 Å². The first-order valence-electron chi connectivity index (χ1n) is 25.8. The van der Waals surface area contributed by atoms with Crippen LogP contribution in [0.2, 0.25) is 0 Å². The normalized spacial score (nSPS) is 18.8. The van der Waals surface area contributed by atoms with Gasteiger partial charge in [-0.1, -0.05) is 111 Å². The zero-order chi connectivity index (χ0) is 60.3. The van der Waals surface area contributed by atoms with Gasteiger partial charge in [0, 0.05) is 55.1 Å². The molecule has 0 radical (unpaired) electrons. The topological polar surface area (TPSA) is 127 Å². The molecule has 8 aromatic rings. The van der Waals surface area contributed by atoms with E-state index in [0.717, 1.165) is 30.4 Å². The summed E-state index contributed by atoms with van der Waals surface area (Å²) >= 11 is 10.6. The molecule has 3 fully saturated rings. The summed E-state index contributed by atoms with van der Waals surface area (Å²) in [6, 6.07) is 45.9. The van der Waals surface area contributed by atoms with Crippen molar-refractivity contribution in [1.29, 1.82) is 0 Å². The minimum Gasteiger partial charge on any atom is -0.405 e. The SMILES string of the molecule is Brc1ccc2sc3ccccc3c2c1.CC1(C)OB(B2OC(C)(C)C(C)(C)O2)OC1(C)C.CC1(C)OB(c2ccc3sc4ccccc4c3c2)OC1(C)C.CS(=O)c1ccc(Br)cc1-c1ccccc1.O=S(=O)(O)C(F)(F)F.[2H]CF. The van der Waals surface area contributed by atoms with Crippen LogP contribution >= 0.6 is 54.5 Å². The monoisotopic (exact) mass is 1310 g/mol. The average Bonchev–Trinajstić information content (AvgIpc) is 4.18. The highest BCUT2D eigenvalue weighted by Gasteiger charge is 2.64. The molecule has 10 nitrogen and oxygen atoms in total. The van der Waals surface area contributed by atoms with Gasteiger partial charge in [0.25, 0.3) is 0 Å². The Labute approximate surface area is 496 Å². The minimum atomic E-state index is -5.84. The fourth-order valence-electron chi connectivity index (χ4n) is 8.16. The lowest BCUT2D eigenvalue weighted by atomic mass is 9.49. The van der Waals surface area contributed by atoms with Crippen molar-refractivity contribution in [2.75, 3.05) is 13.4 Å². The van der Waals surface area contributed by atoms with Gasteiger partial charge >= 0.3 is 36.8 Å². The van der Waals surface area contributed by atoms with E-state index in [1.807, 2.05) is 127 Å². The van der Waals surface area contributed by atoms with Crippen LogP contribution in [-0.2, 0) is 48.8 Å². The quantitative estimate of drug-likeness (QED) is 0.0787. The molecule has 0 saturated carbocycles. The third kappa shape index (κ3) is 15.0. The van der Waals surface area contributed by atoms with Gasteiger partial charge in [-0.15, -0.1) is 22.7 Å². The summed E-state index contributed by atoms with van der Waals surface area (Å²) in [5.41, 5.74) is -4.37. The Bertz CT molecular complexity index is 3520. The number of halogens is 6. The lowest BCUT2D eigenvalue weighted by Crippen LogP contribution is -2.41. The van der Waals surface area contributed by atoms with Crippen molar-refractivity contribution in [3.05, 3.63) is 142 Å². The van der Waals surface area contributed by atoms with Crippen molar-refractivity contribution in [3.8, 4) is 11.1 Å². The molecule has 0 amide bonds.